The molecule has 0 saturated carbocycles. The highest BCUT2D eigenvalue weighted by atomic mass is 16.6. The molecule has 2 rings (SSSR count). The molecule has 1 aromatic carbocycles. The van der Waals surface area contributed by atoms with Gasteiger partial charge in [-0.15, -0.1) is 0 Å². The van der Waals surface area contributed by atoms with Crippen molar-refractivity contribution in [3.63, 3.8) is 0 Å². The second-order valence-electron chi connectivity index (χ2n) is 5.95. The van der Waals surface area contributed by atoms with Crippen molar-refractivity contribution in [3.05, 3.63) is 50.7 Å². The van der Waals surface area contributed by atoms with Gasteiger partial charge in [-0.3, -0.25) is 10.1 Å². The zero-order valence-corrected chi connectivity index (χ0v) is 15.7. The number of esters is 2. The summed E-state index contributed by atoms with van der Waals surface area (Å²) in [6, 6.07) is 2.95. The Bertz CT molecular complexity index is 848. The Kier molecular flexibility index (Phi) is 6.69. The number of nitrogens with zero attached hydrogens (tertiary/aromatic N) is 1. The molecule has 1 heterocycles. The minimum absolute atomic E-state index is 0.0276. The lowest BCUT2D eigenvalue weighted by Crippen LogP contribution is -2.51. The monoisotopic (exact) mass is 391 g/mol. The van der Waals surface area contributed by atoms with Gasteiger partial charge in [0.15, 0.2) is 0 Å². The van der Waals surface area contributed by atoms with Crippen LogP contribution in [0.1, 0.15) is 36.2 Å². The van der Waals surface area contributed by atoms with Crippen molar-refractivity contribution in [2.24, 2.45) is 0 Å². The molecule has 10 heteroatoms. The SMILES string of the molecule is CCOC(=O)C1=C(COC(=O)c2cccc([N+](=O)[O-])c2C)NC(=O)N[C@H]1CC. The molecule has 0 saturated heterocycles. The van der Waals surface area contributed by atoms with Gasteiger partial charge in [0, 0.05) is 11.6 Å². The van der Waals surface area contributed by atoms with E-state index in [-0.39, 0.29) is 41.3 Å². The van der Waals surface area contributed by atoms with Crippen LogP contribution in [0, 0.1) is 17.0 Å². The largest absolute Gasteiger partial charge is 0.463 e. The second kappa shape index (κ2) is 8.98. The van der Waals surface area contributed by atoms with Crippen LogP contribution in [0.5, 0.6) is 0 Å². The molecular formula is C18H21N3O7. The van der Waals surface area contributed by atoms with Crippen LogP contribution < -0.4 is 10.6 Å². The summed E-state index contributed by atoms with van der Waals surface area (Å²) in [4.78, 5) is 47.0. The maximum absolute atomic E-state index is 12.4. The topological polar surface area (TPSA) is 137 Å². The van der Waals surface area contributed by atoms with E-state index < -0.39 is 28.9 Å². The first kappa shape index (κ1) is 20.9. The molecule has 1 atom stereocenters. The van der Waals surface area contributed by atoms with E-state index in [9.17, 15) is 24.5 Å². The molecule has 1 aromatic rings. The normalized spacial score (nSPS) is 16.1. The fourth-order valence-electron chi connectivity index (χ4n) is 2.83. The average Bonchev–Trinajstić information content (AvgIpc) is 2.65. The van der Waals surface area contributed by atoms with Crippen molar-refractivity contribution < 1.29 is 28.8 Å². The molecule has 0 spiro atoms. The van der Waals surface area contributed by atoms with E-state index in [1.807, 2.05) is 0 Å². The Hall–Kier alpha value is -3.43. The number of carbonyl (C=O) groups excluding carboxylic acids is 3. The van der Waals surface area contributed by atoms with Crippen molar-refractivity contribution in [3.8, 4) is 0 Å². The molecular weight excluding hydrogens is 370 g/mol. The number of hydrogen-bond acceptors (Lipinski definition) is 7. The summed E-state index contributed by atoms with van der Waals surface area (Å²) in [5.41, 5.74) is 0.276. The number of amides is 2. The lowest BCUT2D eigenvalue weighted by atomic mass is 10.0. The molecule has 0 aliphatic carbocycles. The zero-order chi connectivity index (χ0) is 20.8. The van der Waals surface area contributed by atoms with Crippen LogP contribution >= 0.6 is 0 Å². The predicted octanol–water partition coefficient (Wildman–Crippen LogP) is 1.97. The molecule has 10 nitrogen and oxygen atoms in total. The van der Waals surface area contributed by atoms with Gasteiger partial charge in [-0.05, 0) is 26.3 Å². The van der Waals surface area contributed by atoms with Gasteiger partial charge in [0.2, 0.25) is 0 Å². The predicted molar refractivity (Wildman–Crippen MR) is 97.5 cm³/mol. The number of urea groups is 1. The Labute approximate surface area is 161 Å². The summed E-state index contributed by atoms with van der Waals surface area (Å²) in [6.45, 7) is 4.63. The lowest BCUT2D eigenvalue weighted by Gasteiger charge is -2.28. The summed E-state index contributed by atoms with van der Waals surface area (Å²) < 4.78 is 10.2. The molecule has 1 aliphatic heterocycles. The number of benzene rings is 1. The van der Waals surface area contributed by atoms with E-state index >= 15 is 0 Å². The highest BCUT2D eigenvalue weighted by Crippen LogP contribution is 2.22. The molecule has 0 bridgehead atoms. The maximum Gasteiger partial charge on any atom is 0.339 e. The first-order chi connectivity index (χ1) is 13.3. The molecule has 150 valence electrons. The van der Waals surface area contributed by atoms with Gasteiger partial charge in [0.05, 0.1) is 34.4 Å². The van der Waals surface area contributed by atoms with Gasteiger partial charge in [0.25, 0.3) is 5.69 Å². The Morgan fingerprint density at radius 3 is 2.54 bits per heavy atom. The molecule has 0 radical (unpaired) electrons. The third-order valence-corrected chi connectivity index (χ3v) is 4.22. The van der Waals surface area contributed by atoms with E-state index in [4.69, 9.17) is 9.47 Å². The number of carbonyl (C=O) groups is 3. The molecule has 0 aromatic heterocycles. The minimum atomic E-state index is -0.808. The zero-order valence-electron chi connectivity index (χ0n) is 15.7. The molecule has 28 heavy (non-hydrogen) atoms. The van der Waals surface area contributed by atoms with Crippen LogP contribution in [0.2, 0.25) is 0 Å². The van der Waals surface area contributed by atoms with E-state index in [1.165, 1.54) is 25.1 Å². The van der Waals surface area contributed by atoms with Crippen molar-refractivity contribution in [1.82, 2.24) is 10.6 Å². The van der Waals surface area contributed by atoms with Gasteiger partial charge in [-0.25, -0.2) is 14.4 Å². The Morgan fingerprint density at radius 2 is 1.93 bits per heavy atom. The van der Waals surface area contributed by atoms with E-state index in [2.05, 4.69) is 10.6 Å². The van der Waals surface area contributed by atoms with Gasteiger partial charge in [-0.1, -0.05) is 13.0 Å². The Balaban J connectivity index is 2.28. The number of nitro groups is 1. The third-order valence-electron chi connectivity index (χ3n) is 4.22. The molecule has 1 aliphatic rings. The summed E-state index contributed by atoms with van der Waals surface area (Å²) in [5, 5.41) is 16.1. The maximum atomic E-state index is 12.4. The number of ether oxygens (including phenoxy) is 2. The van der Waals surface area contributed by atoms with Crippen LogP contribution in [0.3, 0.4) is 0 Å². The summed E-state index contributed by atoms with van der Waals surface area (Å²) in [6.07, 6.45) is 0.434. The quantitative estimate of drug-likeness (QED) is 0.412. The minimum Gasteiger partial charge on any atom is -0.463 e. The highest BCUT2D eigenvalue weighted by molar-refractivity contribution is 5.95. The lowest BCUT2D eigenvalue weighted by molar-refractivity contribution is -0.385. The Morgan fingerprint density at radius 1 is 1.21 bits per heavy atom. The summed E-state index contributed by atoms with van der Waals surface area (Å²) in [7, 11) is 0. The van der Waals surface area contributed by atoms with Crippen molar-refractivity contribution in [2.45, 2.75) is 33.2 Å². The molecule has 2 N–H and O–H groups in total. The number of nitro benzene ring substituents is 1. The summed E-state index contributed by atoms with van der Waals surface area (Å²) in [5.74, 6) is -1.43. The summed E-state index contributed by atoms with van der Waals surface area (Å²) >= 11 is 0. The third kappa shape index (κ3) is 4.45. The van der Waals surface area contributed by atoms with Crippen LogP contribution in [0.15, 0.2) is 29.5 Å². The van der Waals surface area contributed by atoms with Crippen molar-refractivity contribution in [2.75, 3.05) is 13.2 Å². The smallest absolute Gasteiger partial charge is 0.339 e. The second-order valence-corrected chi connectivity index (χ2v) is 5.95. The van der Waals surface area contributed by atoms with Gasteiger partial charge >= 0.3 is 18.0 Å². The fraction of sp³-hybridized carbons (Fsp3) is 0.389. The highest BCUT2D eigenvalue weighted by Gasteiger charge is 2.32. The molecule has 0 fully saturated rings. The van der Waals surface area contributed by atoms with E-state index in [0.29, 0.717) is 6.42 Å². The van der Waals surface area contributed by atoms with Crippen molar-refractivity contribution in [1.29, 1.82) is 0 Å². The van der Waals surface area contributed by atoms with Crippen LogP contribution in [0.4, 0.5) is 10.5 Å². The number of rotatable bonds is 7. The first-order valence-corrected chi connectivity index (χ1v) is 8.68. The molecule has 2 amide bonds. The molecule has 0 unspecified atom stereocenters. The van der Waals surface area contributed by atoms with Gasteiger partial charge in [-0.2, -0.15) is 0 Å². The number of hydrogen-bond donors (Lipinski definition) is 2. The van der Waals surface area contributed by atoms with Crippen LogP contribution in [-0.2, 0) is 14.3 Å². The van der Waals surface area contributed by atoms with Crippen molar-refractivity contribution >= 4 is 23.7 Å². The van der Waals surface area contributed by atoms with Crippen LogP contribution in [-0.4, -0.2) is 42.1 Å². The average molecular weight is 391 g/mol. The van der Waals surface area contributed by atoms with E-state index in [1.54, 1.807) is 13.8 Å². The number of nitrogens with one attached hydrogen (secondary N) is 2. The van der Waals surface area contributed by atoms with E-state index in [0.717, 1.165) is 0 Å². The first-order valence-electron chi connectivity index (χ1n) is 8.68. The fourth-order valence-corrected chi connectivity index (χ4v) is 2.83. The standard InChI is InChI=1S/C18H21N3O7/c1-4-12-15(17(23)27-5-2)13(20-18(24)19-12)9-28-16(22)11-7-6-8-14(10(11)3)21(25)26/h6-8,12H,4-5,9H2,1-3H3,(H2,19,20,24)/t12-/m0/s1. The van der Waals surface area contributed by atoms with Crippen LogP contribution in [0.25, 0.3) is 0 Å². The van der Waals surface area contributed by atoms with Gasteiger partial charge in [0.1, 0.15) is 6.61 Å². The van der Waals surface area contributed by atoms with Gasteiger partial charge < -0.3 is 20.1 Å².